The predicted molar refractivity (Wildman–Crippen MR) is 62.1 cm³/mol. The van der Waals surface area contributed by atoms with E-state index >= 15 is 0 Å². The van der Waals surface area contributed by atoms with Gasteiger partial charge in [0, 0.05) is 4.47 Å². The van der Waals surface area contributed by atoms with Crippen LogP contribution in [0.3, 0.4) is 0 Å². The molecule has 0 radical (unpaired) electrons. The maximum absolute atomic E-state index is 3.43. The summed E-state index contributed by atoms with van der Waals surface area (Å²) in [6, 6.07) is 8.73. The molecule has 2 rings (SSSR count). The third kappa shape index (κ3) is 2.84. The second-order valence-electron chi connectivity index (χ2n) is 3.18. The van der Waals surface area contributed by atoms with E-state index in [1.54, 1.807) is 0 Å². The first kappa shape index (κ1) is 10.8. The summed E-state index contributed by atoms with van der Waals surface area (Å²) in [4.78, 5) is 0. The highest BCUT2D eigenvalue weighted by Crippen LogP contribution is 2.36. The fourth-order valence-corrected chi connectivity index (χ4v) is 1.74. The number of halogens is 1. The van der Waals surface area contributed by atoms with E-state index in [1.807, 2.05) is 13.8 Å². The largest absolute Gasteiger partial charge is 0.0683 e. The van der Waals surface area contributed by atoms with E-state index in [9.17, 15) is 0 Å². The van der Waals surface area contributed by atoms with E-state index in [1.165, 1.54) is 29.3 Å². The first-order valence-electron chi connectivity index (χ1n) is 5.12. The van der Waals surface area contributed by atoms with Gasteiger partial charge < -0.3 is 0 Å². The standard InChI is InChI=1S/C10H11Br.C2H6/c11-10-6-4-9(5-7-10)8-2-1-3-8;1-2/h4-8H,1-3H2;1-2H3. The fraction of sp³-hybridized carbons (Fsp3) is 0.500. The lowest BCUT2D eigenvalue weighted by Crippen LogP contribution is -2.07. The molecule has 0 aromatic heterocycles. The molecule has 0 spiro atoms. The first-order chi connectivity index (χ1) is 6.36. The molecule has 1 aromatic rings. The number of rotatable bonds is 1. The van der Waals surface area contributed by atoms with Crippen molar-refractivity contribution in [2.24, 2.45) is 0 Å². The highest BCUT2D eigenvalue weighted by molar-refractivity contribution is 9.10. The molecule has 1 heteroatoms. The molecule has 0 bridgehead atoms. The lowest BCUT2D eigenvalue weighted by Gasteiger charge is -2.25. The van der Waals surface area contributed by atoms with Crippen molar-refractivity contribution >= 4 is 15.9 Å². The summed E-state index contributed by atoms with van der Waals surface area (Å²) in [5, 5.41) is 0. The van der Waals surface area contributed by atoms with Gasteiger partial charge in [0.15, 0.2) is 0 Å². The van der Waals surface area contributed by atoms with Gasteiger partial charge in [-0.2, -0.15) is 0 Å². The number of benzene rings is 1. The van der Waals surface area contributed by atoms with Gasteiger partial charge in [-0.15, -0.1) is 0 Å². The Hall–Kier alpha value is -0.300. The van der Waals surface area contributed by atoms with Crippen LogP contribution in [0.5, 0.6) is 0 Å². The molecule has 0 atom stereocenters. The van der Waals surface area contributed by atoms with Crippen LogP contribution >= 0.6 is 15.9 Å². The molecule has 0 amide bonds. The van der Waals surface area contributed by atoms with Crippen LogP contribution in [-0.4, -0.2) is 0 Å². The molecule has 72 valence electrons. The molecule has 0 unspecified atom stereocenters. The minimum atomic E-state index is 0.864. The van der Waals surface area contributed by atoms with Crippen LogP contribution in [0.15, 0.2) is 28.7 Å². The summed E-state index contributed by atoms with van der Waals surface area (Å²) in [5.41, 5.74) is 1.51. The topological polar surface area (TPSA) is 0 Å². The average Bonchev–Trinajstić information content (AvgIpc) is 2.09. The highest BCUT2D eigenvalue weighted by Gasteiger charge is 2.18. The molecule has 0 heterocycles. The Morgan fingerprint density at radius 2 is 1.62 bits per heavy atom. The molecule has 1 saturated carbocycles. The van der Waals surface area contributed by atoms with Crippen molar-refractivity contribution < 1.29 is 0 Å². The molecule has 0 saturated heterocycles. The quantitative estimate of drug-likeness (QED) is 0.666. The maximum Gasteiger partial charge on any atom is 0.0175 e. The predicted octanol–water partition coefficient (Wildman–Crippen LogP) is 4.74. The smallest absolute Gasteiger partial charge is 0.0175 e. The minimum Gasteiger partial charge on any atom is -0.0683 e. The molecule has 0 N–H and O–H groups in total. The normalized spacial score (nSPS) is 15.6. The molecule has 1 aliphatic rings. The van der Waals surface area contributed by atoms with Gasteiger partial charge in [0.25, 0.3) is 0 Å². The van der Waals surface area contributed by atoms with Gasteiger partial charge in [0.2, 0.25) is 0 Å². The second kappa shape index (κ2) is 5.43. The van der Waals surface area contributed by atoms with Crippen molar-refractivity contribution in [2.75, 3.05) is 0 Å². The van der Waals surface area contributed by atoms with Crippen molar-refractivity contribution in [3.63, 3.8) is 0 Å². The Balaban J connectivity index is 0.000000396. The van der Waals surface area contributed by atoms with Crippen molar-refractivity contribution in [3.8, 4) is 0 Å². The van der Waals surface area contributed by atoms with Gasteiger partial charge in [-0.05, 0) is 36.5 Å². The van der Waals surface area contributed by atoms with E-state index in [2.05, 4.69) is 40.2 Å². The molecule has 0 nitrogen and oxygen atoms in total. The summed E-state index contributed by atoms with van der Waals surface area (Å²) in [5.74, 6) is 0.864. The van der Waals surface area contributed by atoms with E-state index in [0.717, 1.165) is 5.92 Å². The van der Waals surface area contributed by atoms with Crippen LogP contribution in [0.25, 0.3) is 0 Å². The van der Waals surface area contributed by atoms with E-state index in [0.29, 0.717) is 0 Å². The van der Waals surface area contributed by atoms with Gasteiger partial charge in [0.1, 0.15) is 0 Å². The van der Waals surface area contributed by atoms with Crippen LogP contribution in [0, 0.1) is 0 Å². The van der Waals surface area contributed by atoms with E-state index in [-0.39, 0.29) is 0 Å². The van der Waals surface area contributed by atoms with Crippen LogP contribution in [-0.2, 0) is 0 Å². The van der Waals surface area contributed by atoms with Crippen LogP contribution in [0.1, 0.15) is 44.6 Å². The molecule has 13 heavy (non-hydrogen) atoms. The Morgan fingerprint density at radius 1 is 1.08 bits per heavy atom. The summed E-state index contributed by atoms with van der Waals surface area (Å²) >= 11 is 3.43. The zero-order valence-electron chi connectivity index (χ0n) is 8.39. The lowest BCUT2D eigenvalue weighted by atomic mass is 9.80. The Bertz CT molecular complexity index is 234. The number of hydrogen-bond donors (Lipinski definition) is 0. The summed E-state index contributed by atoms with van der Waals surface area (Å²) in [7, 11) is 0. The molecule has 1 aromatic carbocycles. The van der Waals surface area contributed by atoms with E-state index in [4.69, 9.17) is 0 Å². The van der Waals surface area contributed by atoms with Crippen LogP contribution in [0.4, 0.5) is 0 Å². The summed E-state index contributed by atoms with van der Waals surface area (Å²) in [6.45, 7) is 4.00. The minimum absolute atomic E-state index is 0.864. The highest BCUT2D eigenvalue weighted by atomic mass is 79.9. The van der Waals surface area contributed by atoms with Crippen molar-refractivity contribution in [1.29, 1.82) is 0 Å². The zero-order chi connectivity index (χ0) is 9.68. The van der Waals surface area contributed by atoms with Gasteiger partial charge in [-0.1, -0.05) is 48.3 Å². The fourth-order valence-electron chi connectivity index (χ4n) is 1.48. The third-order valence-electron chi connectivity index (χ3n) is 2.45. The van der Waals surface area contributed by atoms with Gasteiger partial charge in [-0.25, -0.2) is 0 Å². The molecule has 1 fully saturated rings. The lowest BCUT2D eigenvalue weighted by molar-refractivity contribution is 0.420. The van der Waals surface area contributed by atoms with Crippen molar-refractivity contribution in [1.82, 2.24) is 0 Å². The molecule has 0 aliphatic heterocycles. The van der Waals surface area contributed by atoms with Gasteiger partial charge >= 0.3 is 0 Å². The maximum atomic E-state index is 3.43. The van der Waals surface area contributed by atoms with Gasteiger partial charge in [0.05, 0.1) is 0 Å². The summed E-state index contributed by atoms with van der Waals surface area (Å²) < 4.78 is 1.18. The van der Waals surface area contributed by atoms with Gasteiger partial charge in [-0.3, -0.25) is 0 Å². The van der Waals surface area contributed by atoms with Crippen LogP contribution in [0.2, 0.25) is 0 Å². The monoisotopic (exact) mass is 240 g/mol. The zero-order valence-corrected chi connectivity index (χ0v) is 9.97. The van der Waals surface area contributed by atoms with Crippen molar-refractivity contribution in [2.45, 2.75) is 39.0 Å². The first-order valence-corrected chi connectivity index (χ1v) is 5.91. The third-order valence-corrected chi connectivity index (χ3v) is 2.98. The number of hydrogen-bond acceptors (Lipinski definition) is 0. The second-order valence-corrected chi connectivity index (χ2v) is 4.10. The van der Waals surface area contributed by atoms with Crippen molar-refractivity contribution in [3.05, 3.63) is 34.3 Å². The Labute approximate surface area is 89.5 Å². The SMILES string of the molecule is Brc1ccc(C2CCC2)cc1.CC. The molecular weight excluding hydrogens is 224 g/mol. The Kier molecular flexibility index (Phi) is 4.51. The molecule has 1 aliphatic carbocycles. The van der Waals surface area contributed by atoms with E-state index < -0.39 is 0 Å². The summed E-state index contributed by atoms with van der Waals surface area (Å²) in [6.07, 6.45) is 4.20. The Morgan fingerprint density at radius 3 is 2.00 bits per heavy atom. The van der Waals surface area contributed by atoms with Crippen LogP contribution < -0.4 is 0 Å². The molecular formula is C12H17Br. The average molecular weight is 241 g/mol.